The Hall–Kier alpha value is -1.68. The zero-order valence-corrected chi connectivity index (χ0v) is 8.38. The largest absolute Gasteiger partial charge is 0.481 e. The lowest BCUT2D eigenvalue weighted by molar-refractivity contribution is -0.146. The fourth-order valence-electron chi connectivity index (χ4n) is 1.45. The van der Waals surface area contributed by atoms with Crippen molar-refractivity contribution in [3.05, 3.63) is 35.9 Å². The van der Waals surface area contributed by atoms with E-state index in [4.69, 9.17) is 10.8 Å². The summed E-state index contributed by atoms with van der Waals surface area (Å²) in [5, 5.41) is 8.87. The Labute approximate surface area is 87.7 Å². The number of aliphatic carboxylic acids is 1. The molecule has 1 aromatic carbocycles. The first-order chi connectivity index (χ1) is 7.04. The molecule has 0 aliphatic carbocycles. The third kappa shape index (κ3) is 2.63. The van der Waals surface area contributed by atoms with E-state index < -0.39 is 23.7 Å². The summed E-state index contributed by atoms with van der Waals surface area (Å²) in [5.41, 5.74) is 6.39. The standard InChI is InChI=1S/C11H13NO3/c1-7(13)9(11(14)15)10(12)8-5-3-2-4-6-8/h2-6,9-10H,12H2,1H3,(H,14,15). The topological polar surface area (TPSA) is 80.4 Å². The van der Waals surface area contributed by atoms with Crippen LogP contribution in [0.2, 0.25) is 0 Å². The summed E-state index contributed by atoms with van der Waals surface area (Å²) in [6.07, 6.45) is 0. The Kier molecular flexibility index (Phi) is 3.57. The van der Waals surface area contributed by atoms with Crippen LogP contribution in [0.3, 0.4) is 0 Å². The van der Waals surface area contributed by atoms with Crippen LogP contribution < -0.4 is 5.73 Å². The van der Waals surface area contributed by atoms with E-state index in [9.17, 15) is 9.59 Å². The second-order valence-corrected chi connectivity index (χ2v) is 3.36. The zero-order chi connectivity index (χ0) is 11.4. The molecule has 1 rings (SSSR count). The van der Waals surface area contributed by atoms with Crippen LogP contribution in [0.15, 0.2) is 30.3 Å². The van der Waals surface area contributed by atoms with Crippen molar-refractivity contribution in [2.24, 2.45) is 11.7 Å². The van der Waals surface area contributed by atoms with E-state index in [1.54, 1.807) is 30.3 Å². The SMILES string of the molecule is CC(=O)C(C(=O)O)C(N)c1ccccc1. The minimum absolute atomic E-state index is 0.432. The van der Waals surface area contributed by atoms with Crippen molar-refractivity contribution in [3.63, 3.8) is 0 Å². The van der Waals surface area contributed by atoms with E-state index in [-0.39, 0.29) is 0 Å². The number of carbonyl (C=O) groups is 2. The second kappa shape index (κ2) is 4.70. The minimum atomic E-state index is -1.18. The van der Waals surface area contributed by atoms with Gasteiger partial charge in [0.25, 0.3) is 0 Å². The first kappa shape index (κ1) is 11.4. The van der Waals surface area contributed by atoms with Crippen LogP contribution in [0.25, 0.3) is 0 Å². The number of carboxylic acids is 1. The van der Waals surface area contributed by atoms with Gasteiger partial charge < -0.3 is 10.8 Å². The van der Waals surface area contributed by atoms with E-state index in [1.165, 1.54) is 6.92 Å². The van der Waals surface area contributed by atoms with Crippen LogP contribution in [-0.2, 0) is 9.59 Å². The van der Waals surface area contributed by atoms with Gasteiger partial charge in [0.05, 0.1) is 6.04 Å². The highest BCUT2D eigenvalue weighted by Crippen LogP contribution is 2.20. The average Bonchev–Trinajstić information content (AvgIpc) is 2.18. The van der Waals surface area contributed by atoms with Gasteiger partial charge in [-0.2, -0.15) is 0 Å². The molecule has 2 atom stereocenters. The lowest BCUT2D eigenvalue weighted by Gasteiger charge is -2.17. The monoisotopic (exact) mass is 207 g/mol. The number of hydrogen-bond acceptors (Lipinski definition) is 3. The van der Waals surface area contributed by atoms with Gasteiger partial charge in [0, 0.05) is 0 Å². The quantitative estimate of drug-likeness (QED) is 0.721. The van der Waals surface area contributed by atoms with Crippen LogP contribution in [0.1, 0.15) is 18.5 Å². The summed E-state index contributed by atoms with van der Waals surface area (Å²) >= 11 is 0. The second-order valence-electron chi connectivity index (χ2n) is 3.36. The average molecular weight is 207 g/mol. The molecule has 0 saturated carbocycles. The molecule has 0 aromatic heterocycles. The molecule has 0 aliphatic heterocycles. The van der Waals surface area contributed by atoms with Crippen molar-refractivity contribution in [3.8, 4) is 0 Å². The van der Waals surface area contributed by atoms with Crippen molar-refractivity contribution in [2.75, 3.05) is 0 Å². The van der Waals surface area contributed by atoms with Gasteiger partial charge in [-0.15, -0.1) is 0 Å². The summed E-state index contributed by atoms with van der Waals surface area (Å²) in [7, 11) is 0. The number of benzene rings is 1. The molecule has 0 radical (unpaired) electrons. The molecule has 4 nitrogen and oxygen atoms in total. The smallest absolute Gasteiger partial charge is 0.315 e. The lowest BCUT2D eigenvalue weighted by Crippen LogP contribution is -2.33. The molecule has 0 spiro atoms. The van der Waals surface area contributed by atoms with Gasteiger partial charge in [-0.3, -0.25) is 9.59 Å². The molecular formula is C11H13NO3. The molecule has 4 heteroatoms. The zero-order valence-electron chi connectivity index (χ0n) is 8.38. The van der Waals surface area contributed by atoms with Gasteiger partial charge in [-0.05, 0) is 12.5 Å². The Morgan fingerprint density at radius 3 is 2.20 bits per heavy atom. The maximum Gasteiger partial charge on any atom is 0.315 e. The van der Waals surface area contributed by atoms with E-state index in [0.29, 0.717) is 5.56 Å². The van der Waals surface area contributed by atoms with E-state index in [2.05, 4.69) is 0 Å². The van der Waals surface area contributed by atoms with Crippen LogP contribution in [0, 0.1) is 5.92 Å². The van der Waals surface area contributed by atoms with Crippen molar-refractivity contribution in [2.45, 2.75) is 13.0 Å². The maximum absolute atomic E-state index is 11.1. The molecule has 1 aromatic rings. The van der Waals surface area contributed by atoms with E-state index >= 15 is 0 Å². The Bertz CT molecular complexity index is 347. The molecule has 0 saturated heterocycles. The van der Waals surface area contributed by atoms with E-state index in [1.807, 2.05) is 0 Å². The third-order valence-electron chi connectivity index (χ3n) is 2.25. The number of carbonyl (C=O) groups excluding carboxylic acids is 1. The summed E-state index contributed by atoms with van der Waals surface area (Å²) < 4.78 is 0. The van der Waals surface area contributed by atoms with Gasteiger partial charge in [0.1, 0.15) is 11.7 Å². The molecule has 2 unspecified atom stereocenters. The number of Topliss-reactive ketones (excluding diaryl/α,β-unsaturated/α-hetero) is 1. The van der Waals surface area contributed by atoms with Gasteiger partial charge in [-0.1, -0.05) is 30.3 Å². The molecule has 15 heavy (non-hydrogen) atoms. The van der Waals surface area contributed by atoms with Gasteiger partial charge in [0.2, 0.25) is 0 Å². The fourth-order valence-corrected chi connectivity index (χ4v) is 1.45. The molecule has 80 valence electrons. The van der Waals surface area contributed by atoms with Crippen LogP contribution in [0.4, 0.5) is 0 Å². The Balaban J connectivity index is 2.96. The molecular weight excluding hydrogens is 194 g/mol. The van der Waals surface area contributed by atoms with E-state index in [0.717, 1.165) is 0 Å². The van der Waals surface area contributed by atoms with Crippen molar-refractivity contribution < 1.29 is 14.7 Å². The van der Waals surface area contributed by atoms with Crippen LogP contribution in [0.5, 0.6) is 0 Å². The molecule has 0 fully saturated rings. The predicted octanol–water partition coefficient (Wildman–Crippen LogP) is 0.976. The number of ketones is 1. The van der Waals surface area contributed by atoms with Crippen molar-refractivity contribution in [1.82, 2.24) is 0 Å². The first-order valence-electron chi connectivity index (χ1n) is 4.58. The molecule has 0 bridgehead atoms. The third-order valence-corrected chi connectivity index (χ3v) is 2.25. The maximum atomic E-state index is 11.1. The lowest BCUT2D eigenvalue weighted by atomic mass is 9.91. The molecule has 3 N–H and O–H groups in total. The number of rotatable bonds is 4. The van der Waals surface area contributed by atoms with Crippen LogP contribution in [-0.4, -0.2) is 16.9 Å². The highest BCUT2D eigenvalue weighted by molar-refractivity contribution is 5.97. The van der Waals surface area contributed by atoms with Crippen molar-refractivity contribution in [1.29, 1.82) is 0 Å². The van der Waals surface area contributed by atoms with Gasteiger partial charge in [-0.25, -0.2) is 0 Å². The summed E-state index contributed by atoms with van der Waals surface area (Å²) in [6.45, 7) is 1.24. The Morgan fingerprint density at radius 1 is 1.27 bits per heavy atom. The summed E-state index contributed by atoms with van der Waals surface area (Å²) in [6, 6.07) is 7.95. The fraction of sp³-hybridized carbons (Fsp3) is 0.273. The predicted molar refractivity (Wildman–Crippen MR) is 55.2 cm³/mol. The molecule has 0 aliphatic rings. The number of nitrogens with two attached hydrogens (primary N) is 1. The number of carboxylic acid groups (broad SMARTS) is 1. The highest BCUT2D eigenvalue weighted by Gasteiger charge is 2.30. The van der Waals surface area contributed by atoms with Gasteiger partial charge >= 0.3 is 5.97 Å². The summed E-state index contributed by atoms with van der Waals surface area (Å²) in [4.78, 5) is 22.0. The van der Waals surface area contributed by atoms with Crippen LogP contribution >= 0.6 is 0 Å². The van der Waals surface area contributed by atoms with Gasteiger partial charge in [0.15, 0.2) is 0 Å². The molecule has 0 amide bonds. The highest BCUT2D eigenvalue weighted by atomic mass is 16.4. The first-order valence-corrected chi connectivity index (χ1v) is 4.58. The normalized spacial score (nSPS) is 14.3. The van der Waals surface area contributed by atoms with Crippen molar-refractivity contribution >= 4 is 11.8 Å². The minimum Gasteiger partial charge on any atom is -0.481 e. The Morgan fingerprint density at radius 2 is 1.80 bits per heavy atom. The number of hydrogen-bond donors (Lipinski definition) is 2. The molecule has 0 heterocycles. The summed E-state index contributed by atoms with van der Waals surface area (Å²) in [5.74, 6) is -2.79.